The molecular weight excluding hydrogens is 331 g/mol. The zero-order valence-corrected chi connectivity index (χ0v) is 14.7. The third-order valence-electron chi connectivity index (χ3n) is 4.98. The minimum atomic E-state index is -0.749. The second kappa shape index (κ2) is 6.57. The van der Waals surface area contributed by atoms with Crippen LogP contribution in [0, 0.1) is 5.82 Å². The predicted molar refractivity (Wildman–Crippen MR) is 98.4 cm³/mol. The number of nitrogens with one attached hydrogen (secondary N) is 1. The number of aromatic nitrogens is 1. The van der Waals surface area contributed by atoms with E-state index in [1.54, 1.807) is 19.1 Å². The molecule has 0 amide bonds. The quantitative estimate of drug-likeness (QED) is 0.730. The lowest BCUT2D eigenvalue weighted by atomic mass is 9.92. The molecule has 0 radical (unpaired) electrons. The summed E-state index contributed by atoms with van der Waals surface area (Å²) in [5, 5.41) is 4.40. The fraction of sp³-hybridized carbons (Fsp3) is 0.286. The van der Waals surface area contributed by atoms with Crippen molar-refractivity contribution in [2.24, 2.45) is 0 Å². The summed E-state index contributed by atoms with van der Waals surface area (Å²) in [7, 11) is 0. The predicted octanol–water partition coefficient (Wildman–Crippen LogP) is 3.58. The van der Waals surface area contributed by atoms with Crippen LogP contribution in [0.5, 0.6) is 0 Å². The Labute approximate surface area is 151 Å². The Hall–Kier alpha value is -2.66. The summed E-state index contributed by atoms with van der Waals surface area (Å²) in [6.45, 7) is 2.88. The van der Waals surface area contributed by atoms with Crippen molar-refractivity contribution in [3.8, 4) is 0 Å². The van der Waals surface area contributed by atoms with Crippen molar-refractivity contribution in [2.45, 2.75) is 25.4 Å². The van der Waals surface area contributed by atoms with Gasteiger partial charge in [-0.3, -0.25) is 10.1 Å². The number of nitrogens with zero attached hydrogens (tertiary/aromatic N) is 1. The van der Waals surface area contributed by atoms with Crippen LogP contribution in [0.2, 0.25) is 0 Å². The summed E-state index contributed by atoms with van der Waals surface area (Å²) in [6.07, 6.45) is 0.979. The number of carbonyl (C=O) groups is 1. The summed E-state index contributed by atoms with van der Waals surface area (Å²) in [4.78, 5) is 12.5. The van der Waals surface area contributed by atoms with Gasteiger partial charge in [-0.25, -0.2) is 4.39 Å². The maximum atomic E-state index is 13.7. The first-order valence-corrected chi connectivity index (χ1v) is 8.90. The molecule has 2 aromatic carbocycles. The van der Waals surface area contributed by atoms with Crippen LogP contribution in [0.4, 0.5) is 4.39 Å². The molecule has 1 aromatic heterocycles. The van der Waals surface area contributed by atoms with Crippen molar-refractivity contribution in [3.05, 3.63) is 71.7 Å². The number of ether oxygens (including phenoxy) is 1. The highest BCUT2D eigenvalue weighted by molar-refractivity contribution is 5.83. The number of hydrogen-bond donors (Lipinski definition) is 1. The van der Waals surface area contributed by atoms with Gasteiger partial charge in [0, 0.05) is 24.0 Å². The smallest absolute Gasteiger partial charge is 0.309 e. The number of carbonyl (C=O) groups excluding carboxylic acids is 1. The molecule has 1 aliphatic rings. The van der Waals surface area contributed by atoms with E-state index in [2.05, 4.69) is 9.88 Å². The Kier molecular flexibility index (Phi) is 4.24. The molecule has 0 saturated carbocycles. The average Bonchev–Trinajstić information content (AvgIpc) is 3.01. The van der Waals surface area contributed by atoms with Gasteiger partial charge < -0.3 is 9.30 Å². The van der Waals surface area contributed by atoms with E-state index in [0.717, 1.165) is 35.1 Å². The van der Waals surface area contributed by atoms with Gasteiger partial charge in [-0.15, -0.1) is 0 Å². The number of fused-ring (bicyclic) bond motifs is 3. The topological polar surface area (TPSA) is 43.3 Å². The second-order valence-corrected chi connectivity index (χ2v) is 6.56. The van der Waals surface area contributed by atoms with Crippen LogP contribution in [0.15, 0.2) is 54.6 Å². The molecule has 0 bridgehead atoms. The van der Waals surface area contributed by atoms with Crippen LogP contribution >= 0.6 is 0 Å². The van der Waals surface area contributed by atoms with E-state index in [4.69, 9.17) is 4.74 Å². The maximum absolute atomic E-state index is 13.7. The zero-order chi connectivity index (χ0) is 18.1. The van der Waals surface area contributed by atoms with Gasteiger partial charge in [0.25, 0.3) is 0 Å². The molecule has 1 N–H and O–H groups in total. The molecule has 2 heterocycles. The summed E-state index contributed by atoms with van der Waals surface area (Å²) in [5.74, 6) is -0.523. The van der Waals surface area contributed by atoms with Crippen molar-refractivity contribution < 1.29 is 13.9 Å². The Morgan fingerprint density at radius 1 is 1.23 bits per heavy atom. The van der Waals surface area contributed by atoms with Crippen LogP contribution in [0.3, 0.4) is 0 Å². The van der Waals surface area contributed by atoms with Gasteiger partial charge in [-0.2, -0.15) is 0 Å². The van der Waals surface area contributed by atoms with Crippen LogP contribution in [0.25, 0.3) is 10.9 Å². The van der Waals surface area contributed by atoms with E-state index in [-0.39, 0.29) is 18.2 Å². The largest absolute Gasteiger partial charge is 0.466 e. The van der Waals surface area contributed by atoms with E-state index in [0.29, 0.717) is 6.61 Å². The lowest BCUT2D eigenvalue weighted by molar-refractivity contribution is -0.145. The summed E-state index contributed by atoms with van der Waals surface area (Å²) >= 11 is 0. The summed E-state index contributed by atoms with van der Waals surface area (Å²) in [6, 6.07) is 16.7. The third-order valence-corrected chi connectivity index (χ3v) is 4.98. The molecule has 0 fully saturated rings. The van der Waals surface area contributed by atoms with Crippen molar-refractivity contribution in [3.63, 3.8) is 0 Å². The first kappa shape index (κ1) is 16.8. The van der Waals surface area contributed by atoms with Gasteiger partial charge in [0.05, 0.1) is 18.5 Å². The normalized spacial score (nSPS) is 19.3. The number of hydrogen-bond acceptors (Lipinski definition) is 3. The van der Waals surface area contributed by atoms with Crippen molar-refractivity contribution in [1.82, 2.24) is 9.88 Å². The Bertz CT molecular complexity index is 951. The minimum absolute atomic E-state index is 0.166. The van der Waals surface area contributed by atoms with Gasteiger partial charge in [0.2, 0.25) is 0 Å². The fourth-order valence-corrected chi connectivity index (χ4v) is 3.96. The van der Waals surface area contributed by atoms with Crippen molar-refractivity contribution in [1.29, 1.82) is 0 Å². The second-order valence-electron chi connectivity index (χ2n) is 6.56. The lowest BCUT2D eigenvalue weighted by Gasteiger charge is -2.41. The summed E-state index contributed by atoms with van der Waals surface area (Å²) in [5.41, 5.74) is 2.22. The van der Waals surface area contributed by atoms with Crippen molar-refractivity contribution >= 4 is 16.9 Å². The van der Waals surface area contributed by atoms with Crippen LogP contribution in [0.1, 0.15) is 24.6 Å². The zero-order valence-electron chi connectivity index (χ0n) is 14.7. The average molecular weight is 352 g/mol. The third kappa shape index (κ3) is 2.69. The van der Waals surface area contributed by atoms with Gasteiger partial charge in [-0.05, 0) is 36.8 Å². The Balaban J connectivity index is 1.96. The molecule has 134 valence electrons. The van der Waals surface area contributed by atoms with Gasteiger partial charge in [0.15, 0.2) is 0 Å². The molecule has 1 aliphatic heterocycles. The first-order chi connectivity index (χ1) is 12.6. The molecular formula is C21H21FN2O2. The lowest BCUT2D eigenvalue weighted by Crippen LogP contribution is -2.54. The number of esters is 1. The van der Waals surface area contributed by atoms with E-state index in [1.165, 1.54) is 6.07 Å². The monoisotopic (exact) mass is 352 g/mol. The molecule has 5 heteroatoms. The minimum Gasteiger partial charge on any atom is -0.466 e. The van der Waals surface area contributed by atoms with Crippen LogP contribution in [-0.2, 0) is 21.6 Å². The van der Waals surface area contributed by atoms with E-state index in [1.807, 2.05) is 36.4 Å². The summed E-state index contributed by atoms with van der Waals surface area (Å²) < 4.78 is 21.1. The number of benzene rings is 2. The van der Waals surface area contributed by atoms with Crippen molar-refractivity contribution in [2.75, 3.05) is 13.2 Å². The highest BCUT2D eigenvalue weighted by Crippen LogP contribution is 2.37. The molecule has 0 saturated heterocycles. The Morgan fingerprint density at radius 3 is 2.81 bits per heavy atom. The molecule has 4 nitrogen and oxygen atoms in total. The molecule has 1 atom stereocenters. The fourth-order valence-electron chi connectivity index (χ4n) is 3.96. The molecule has 0 spiro atoms. The number of rotatable bonds is 4. The van der Waals surface area contributed by atoms with Gasteiger partial charge in [-0.1, -0.05) is 30.3 Å². The highest BCUT2D eigenvalue weighted by Gasteiger charge is 2.41. The molecule has 4 rings (SSSR count). The standard InChI is InChI=1S/C21H21FN2O2/c1-2-26-20(25)14-21(16-6-4-3-5-7-16)23-11-10-18-13-15-12-17(22)8-9-19(15)24(18)21/h3-9,12-13,23H,2,10-11,14H2,1H3. The molecule has 1 unspecified atom stereocenters. The van der Waals surface area contributed by atoms with Crippen LogP contribution < -0.4 is 5.32 Å². The van der Waals surface area contributed by atoms with Gasteiger partial charge in [0.1, 0.15) is 11.5 Å². The Morgan fingerprint density at radius 2 is 2.04 bits per heavy atom. The SMILES string of the molecule is CCOC(=O)CC1(c2ccccc2)NCCc2cc3cc(F)ccc3n21. The number of halogens is 1. The van der Waals surface area contributed by atoms with E-state index in [9.17, 15) is 9.18 Å². The molecule has 26 heavy (non-hydrogen) atoms. The maximum Gasteiger partial charge on any atom is 0.309 e. The van der Waals surface area contributed by atoms with E-state index < -0.39 is 5.66 Å². The molecule has 3 aromatic rings. The van der Waals surface area contributed by atoms with E-state index >= 15 is 0 Å². The first-order valence-electron chi connectivity index (χ1n) is 8.90. The highest BCUT2D eigenvalue weighted by atomic mass is 19.1. The van der Waals surface area contributed by atoms with Gasteiger partial charge >= 0.3 is 5.97 Å². The molecule has 0 aliphatic carbocycles. The van der Waals surface area contributed by atoms with Crippen LogP contribution in [-0.4, -0.2) is 23.7 Å².